The molecule has 13 heavy (non-hydrogen) atoms. The molecule has 0 N–H and O–H groups in total. The predicted octanol–water partition coefficient (Wildman–Crippen LogP) is 2.85. The van der Waals surface area contributed by atoms with Crippen LogP contribution in [0.2, 0.25) is 0 Å². The summed E-state index contributed by atoms with van der Waals surface area (Å²) < 4.78 is 0. The van der Waals surface area contributed by atoms with Crippen molar-refractivity contribution >= 4 is 30.0 Å². The second-order valence-electron chi connectivity index (χ2n) is 2.97. The molecule has 1 nitrogen and oxygen atoms in total. The van der Waals surface area contributed by atoms with Gasteiger partial charge in [0.15, 0.2) is 0 Å². The van der Waals surface area contributed by atoms with Gasteiger partial charge in [-0.25, -0.2) is 0 Å². The molecule has 0 saturated carbocycles. The molecule has 1 rings (SSSR count). The van der Waals surface area contributed by atoms with Crippen LogP contribution in [0.5, 0.6) is 0 Å². The maximum absolute atomic E-state index is 10.9. The number of thiol groups is 1. The zero-order chi connectivity index (χ0) is 9.84. The molecule has 0 aliphatic heterocycles. The maximum atomic E-state index is 10.9. The van der Waals surface area contributed by atoms with Gasteiger partial charge in [-0.15, -0.1) is 24.2 Å². The number of ketones is 1. The Morgan fingerprint density at radius 2 is 2.15 bits per heavy atom. The lowest BCUT2D eigenvalue weighted by Gasteiger charge is -2.05. The van der Waals surface area contributed by atoms with Crippen molar-refractivity contribution in [3.63, 3.8) is 0 Å². The van der Waals surface area contributed by atoms with Gasteiger partial charge in [0.2, 0.25) is 0 Å². The van der Waals surface area contributed by atoms with E-state index in [2.05, 4.69) is 12.6 Å². The van der Waals surface area contributed by atoms with Crippen molar-refractivity contribution in [2.75, 3.05) is 0 Å². The van der Waals surface area contributed by atoms with Gasteiger partial charge in [0.25, 0.3) is 0 Å². The van der Waals surface area contributed by atoms with Gasteiger partial charge in [0, 0.05) is 17.2 Å². The van der Waals surface area contributed by atoms with Crippen molar-refractivity contribution in [3.05, 3.63) is 29.3 Å². The second kappa shape index (κ2) is 4.68. The van der Waals surface area contributed by atoms with Crippen LogP contribution in [0.15, 0.2) is 23.1 Å². The first kappa shape index (κ1) is 10.6. The van der Waals surface area contributed by atoms with Crippen LogP contribution in [0.1, 0.15) is 18.1 Å². The number of hydrogen-bond donors (Lipinski definition) is 1. The van der Waals surface area contributed by atoms with Gasteiger partial charge in [-0.2, -0.15) is 0 Å². The van der Waals surface area contributed by atoms with Gasteiger partial charge in [-0.1, -0.05) is 6.07 Å². The van der Waals surface area contributed by atoms with Crippen molar-refractivity contribution < 1.29 is 4.79 Å². The smallest absolute Gasteiger partial charge is 0.134 e. The Hall–Kier alpha value is -0.470. The molecule has 0 fully saturated rings. The molecule has 1 aromatic carbocycles. The highest BCUT2D eigenvalue weighted by Crippen LogP contribution is 2.17. The van der Waals surface area contributed by atoms with Crippen molar-refractivity contribution in [1.29, 1.82) is 0 Å². The molecular weight excluding hydrogens is 204 g/mol. The van der Waals surface area contributed by atoms with E-state index in [1.165, 1.54) is 0 Å². The molecule has 0 heterocycles. The van der Waals surface area contributed by atoms with Gasteiger partial charge < -0.3 is 0 Å². The summed E-state index contributed by atoms with van der Waals surface area (Å²) in [6.45, 7) is 1.57. The summed E-state index contributed by atoms with van der Waals surface area (Å²) >= 11 is 9.94. The lowest BCUT2D eigenvalue weighted by molar-refractivity contribution is -0.116. The van der Waals surface area contributed by atoms with Crippen molar-refractivity contribution in [2.45, 2.75) is 24.1 Å². The Balaban J connectivity index is 3.01. The molecule has 0 aromatic heterocycles. The Labute approximate surface area is 88.5 Å². The Morgan fingerprint density at radius 3 is 2.69 bits per heavy atom. The maximum Gasteiger partial charge on any atom is 0.134 e. The molecular formula is C10H11ClOS. The van der Waals surface area contributed by atoms with E-state index in [4.69, 9.17) is 11.6 Å². The Bertz CT molecular complexity index is 323. The molecule has 0 radical (unpaired) electrons. The van der Waals surface area contributed by atoms with E-state index in [1.807, 2.05) is 18.2 Å². The van der Waals surface area contributed by atoms with Crippen LogP contribution >= 0.6 is 24.2 Å². The minimum absolute atomic E-state index is 0.144. The fourth-order valence-corrected chi connectivity index (χ4v) is 1.67. The number of benzene rings is 1. The molecule has 0 bridgehead atoms. The highest BCUT2D eigenvalue weighted by Gasteiger charge is 2.04. The van der Waals surface area contributed by atoms with Gasteiger partial charge in [0.05, 0.1) is 0 Å². The standard InChI is InChI=1S/C10H11ClOS/c1-7(12)4-9-5-10(13)3-2-8(9)6-11/h2-3,5,13H,4,6H2,1H3. The van der Waals surface area contributed by atoms with Crippen LogP contribution in [0.25, 0.3) is 0 Å². The summed E-state index contributed by atoms with van der Waals surface area (Å²) in [5.41, 5.74) is 1.99. The van der Waals surface area contributed by atoms with Crippen LogP contribution in [0.4, 0.5) is 0 Å². The van der Waals surface area contributed by atoms with Gasteiger partial charge in [-0.05, 0) is 30.2 Å². The molecule has 70 valence electrons. The molecule has 3 heteroatoms. The fourth-order valence-electron chi connectivity index (χ4n) is 1.18. The summed E-state index contributed by atoms with van der Waals surface area (Å²) in [4.78, 5) is 11.8. The van der Waals surface area contributed by atoms with Crippen LogP contribution in [0.3, 0.4) is 0 Å². The van der Waals surface area contributed by atoms with E-state index < -0.39 is 0 Å². The first-order valence-corrected chi connectivity index (χ1v) is 4.98. The van der Waals surface area contributed by atoms with Crippen LogP contribution in [0, 0.1) is 0 Å². The summed E-state index contributed by atoms with van der Waals surface area (Å²) in [5, 5.41) is 0. The van der Waals surface area contributed by atoms with Gasteiger partial charge in [0.1, 0.15) is 5.78 Å². The molecule has 0 saturated heterocycles. The average molecular weight is 215 g/mol. The highest BCUT2D eigenvalue weighted by molar-refractivity contribution is 7.80. The van der Waals surface area contributed by atoms with E-state index in [9.17, 15) is 4.79 Å². The van der Waals surface area contributed by atoms with E-state index in [0.717, 1.165) is 16.0 Å². The number of rotatable bonds is 3. The number of carbonyl (C=O) groups is 1. The number of carbonyl (C=O) groups excluding carboxylic acids is 1. The highest BCUT2D eigenvalue weighted by atomic mass is 35.5. The monoisotopic (exact) mass is 214 g/mol. The zero-order valence-corrected chi connectivity index (χ0v) is 9.03. The summed E-state index contributed by atoms with van der Waals surface area (Å²) in [6, 6.07) is 5.68. The minimum atomic E-state index is 0.144. The summed E-state index contributed by atoms with van der Waals surface area (Å²) in [6.07, 6.45) is 0.441. The van der Waals surface area contributed by atoms with Crippen LogP contribution in [-0.2, 0) is 17.1 Å². The Kier molecular flexibility index (Phi) is 3.82. The molecule has 0 atom stereocenters. The van der Waals surface area contributed by atoms with E-state index in [-0.39, 0.29) is 5.78 Å². The number of halogens is 1. The predicted molar refractivity (Wildman–Crippen MR) is 57.6 cm³/mol. The Morgan fingerprint density at radius 1 is 1.46 bits per heavy atom. The lowest BCUT2D eigenvalue weighted by atomic mass is 10.0. The number of hydrogen-bond acceptors (Lipinski definition) is 2. The average Bonchev–Trinajstić information content (AvgIpc) is 2.03. The largest absolute Gasteiger partial charge is 0.300 e. The van der Waals surface area contributed by atoms with E-state index in [0.29, 0.717) is 12.3 Å². The molecule has 0 unspecified atom stereocenters. The number of Topliss-reactive ketones (excluding diaryl/α,β-unsaturated/α-hetero) is 1. The normalized spacial score (nSPS) is 10.1. The van der Waals surface area contributed by atoms with Gasteiger partial charge in [-0.3, -0.25) is 4.79 Å². The van der Waals surface area contributed by atoms with E-state index >= 15 is 0 Å². The third-order valence-corrected chi connectivity index (χ3v) is 2.34. The third kappa shape index (κ3) is 3.05. The molecule has 0 aliphatic carbocycles. The fraction of sp³-hybridized carbons (Fsp3) is 0.300. The lowest BCUT2D eigenvalue weighted by Crippen LogP contribution is -1.99. The van der Waals surface area contributed by atoms with Crippen LogP contribution in [-0.4, -0.2) is 5.78 Å². The molecule has 1 aromatic rings. The number of alkyl halides is 1. The zero-order valence-electron chi connectivity index (χ0n) is 7.38. The minimum Gasteiger partial charge on any atom is -0.300 e. The molecule has 0 spiro atoms. The molecule has 0 aliphatic rings. The van der Waals surface area contributed by atoms with Gasteiger partial charge >= 0.3 is 0 Å². The summed E-state index contributed by atoms with van der Waals surface area (Å²) in [5.74, 6) is 0.585. The molecule has 0 amide bonds. The second-order valence-corrected chi connectivity index (χ2v) is 3.75. The SMILES string of the molecule is CC(=O)Cc1cc(S)ccc1CCl. The van der Waals surface area contributed by atoms with Crippen molar-refractivity contribution in [3.8, 4) is 0 Å². The topological polar surface area (TPSA) is 17.1 Å². The third-order valence-electron chi connectivity index (χ3n) is 1.77. The van der Waals surface area contributed by atoms with E-state index in [1.54, 1.807) is 6.92 Å². The van der Waals surface area contributed by atoms with Crippen molar-refractivity contribution in [2.24, 2.45) is 0 Å². The first-order chi connectivity index (χ1) is 6.13. The quantitative estimate of drug-likeness (QED) is 0.605. The first-order valence-electron chi connectivity index (χ1n) is 3.99. The van der Waals surface area contributed by atoms with Crippen molar-refractivity contribution in [1.82, 2.24) is 0 Å². The summed E-state index contributed by atoms with van der Waals surface area (Å²) in [7, 11) is 0. The van der Waals surface area contributed by atoms with Crippen LogP contribution < -0.4 is 0 Å².